The smallest absolute Gasteiger partial charge is 0.306 e. The van der Waals surface area contributed by atoms with Crippen LogP contribution in [0.15, 0.2) is 47.6 Å². The Morgan fingerprint density at radius 2 is 2.00 bits per heavy atom. The van der Waals surface area contributed by atoms with E-state index in [9.17, 15) is 4.79 Å². The molecule has 0 N–H and O–H groups in total. The molecule has 1 aromatic rings. The Kier molecular flexibility index (Phi) is 7.27. The molecule has 0 fully saturated rings. The van der Waals surface area contributed by atoms with E-state index in [2.05, 4.69) is 38.7 Å². The number of carbonyl (C=O) groups is 1. The minimum Gasteiger partial charge on any atom is -0.466 e. The van der Waals surface area contributed by atoms with E-state index >= 15 is 0 Å². The fraction of sp³-hybridized carbons (Fsp3) is 0.458. The second-order valence-corrected chi connectivity index (χ2v) is 7.54. The van der Waals surface area contributed by atoms with Gasteiger partial charge in [-0.15, -0.1) is 0 Å². The van der Waals surface area contributed by atoms with Crippen molar-refractivity contribution in [2.24, 2.45) is 5.41 Å². The van der Waals surface area contributed by atoms with Crippen LogP contribution in [0, 0.1) is 17.3 Å². The lowest BCUT2D eigenvalue weighted by Gasteiger charge is -2.32. The van der Waals surface area contributed by atoms with Crippen molar-refractivity contribution in [2.45, 2.75) is 59.8 Å². The Morgan fingerprint density at radius 3 is 2.65 bits per heavy atom. The monoisotopic (exact) mass is 350 g/mol. The molecule has 138 valence electrons. The number of hydrogen-bond donors (Lipinski definition) is 0. The highest BCUT2D eigenvalue weighted by atomic mass is 16.5. The quantitative estimate of drug-likeness (QED) is 0.509. The predicted octanol–water partition coefficient (Wildman–Crippen LogP) is 5.62. The first kappa shape index (κ1) is 20.0. The van der Waals surface area contributed by atoms with Crippen LogP contribution in [-0.4, -0.2) is 12.6 Å². The Bertz CT molecular complexity index is 737. The summed E-state index contributed by atoms with van der Waals surface area (Å²) in [5.41, 5.74) is 5.30. The van der Waals surface area contributed by atoms with Crippen molar-refractivity contribution in [2.75, 3.05) is 6.61 Å². The van der Waals surface area contributed by atoms with Gasteiger partial charge in [-0.1, -0.05) is 49.5 Å². The molecule has 0 aromatic heterocycles. The van der Waals surface area contributed by atoms with Gasteiger partial charge in [0.25, 0.3) is 0 Å². The van der Waals surface area contributed by atoms with Gasteiger partial charge in [-0.25, -0.2) is 0 Å². The summed E-state index contributed by atoms with van der Waals surface area (Å²) in [5.74, 6) is 6.20. The first-order valence-corrected chi connectivity index (χ1v) is 9.55. The summed E-state index contributed by atoms with van der Waals surface area (Å²) in [5, 5.41) is 0. The van der Waals surface area contributed by atoms with Crippen LogP contribution in [0.1, 0.15) is 64.5 Å². The van der Waals surface area contributed by atoms with Gasteiger partial charge in [-0.2, -0.15) is 0 Å². The van der Waals surface area contributed by atoms with Gasteiger partial charge >= 0.3 is 5.97 Å². The van der Waals surface area contributed by atoms with Crippen LogP contribution in [-0.2, 0) is 16.0 Å². The van der Waals surface area contributed by atoms with Crippen LogP contribution in [0.2, 0.25) is 0 Å². The average molecular weight is 351 g/mol. The van der Waals surface area contributed by atoms with Crippen LogP contribution in [0.25, 0.3) is 0 Å². The largest absolute Gasteiger partial charge is 0.466 e. The molecule has 1 aliphatic rings. The number of esters is 1. The molecule has 0 aliphatic heterocycles. The van der Waals surface area contributed by atoms with Gasteiger partial charge in [0, 0.05) is 12.0 Å². The lowest BCUT2D eigenvalue weighted by atomic mass is 9.73. The third-order valence-corrected chi connectivity index (χ3v) is 4.97. The topological polar surface area (TPSA) is 26.3 Å². The molecule has 0 radical (unpaired) electrons. The van der Waals surface area contributed by atoms with Crippen LogP contribution >= 0.6 is 0 Å². The summed E-state index contributed by atoms with van der Waals surface area (Å²) in [6.45, 7) is 9.14. The number of hydrogen-bond acceptors (Lipinski definition) is 2. The van der Waals surface area contributed by atoms with Crippen molar-refractivity contribution in [3.8, 4) is 11.8 Å². The zero-order valence-electron chi connectivity index (χ0n) is 16.5. The number of rotatable bonds is 5. The summed E-state index contributed by atoms with van der Waals surface area (Å²) in [7, 11) is 0. The maximum absolute atomic E-state index is 11.4. The van der Waals surface area contributed by atoms with Crippen molar-refractivity contribution in [1.82, 2.24) is 0 Å². The van der Waals surface area contributed by atoms with Crippen molar-refractivity contribution < 1.29 is 9.53 Å². The standard InChI is InChI=1S/C24H30O2/c1-5-26-23(25)17-16-21-14-12-20(13-15-21)10-6-7-11-22-19(2)9-8-18-24(22,3)4/h7,11-15H,5,8-9,16-18H2,1-4H3. The van der Waals surface area contributed by atoms with E-state index in [1.807, 2.05) is 37.3 Å². The molecule has 0 spiro atoms. The van der Waals surface area contributed by atoms with E-state index in [0.29, 0.717) is 19.4 Å². The number of benzene rings is 1. The molecule has 0 atom stereocenters. The lowest BCUT2D eigenvalue weighted by Crippen LogP contribution is -2.18. The molecular formula is C24H30O2. The molecule has 0 unspecified atom stereocenters. The summed E-state index contributed by atoms with van der Waals surface area (Å²) in [6.07, 6.45) is 9.01. The van der Waals surface area contributed by atoms with Gasteiger partial charge in [0.2, 0.25) is 0 Å². The normalized spacial score (nSPS) is 16.3. The molecule has 0 saturated heterocycles. The van der Waals surface area contributed by atoms with Crippen LogP contribution in [0.5, 0.6) is 0 Å². The maximum Gasteiger partial charge on any atom is 0.306 e. The van der Waals surface area contributed by atoms with Gasteiger partial charge in [-0.3, -0.25) is 4.79 Å². The van der Waals surface area contributed by atoms with Gasteiger partial charge in [0.15, 0.2) is 0 Å². The first-order chi connectivity index (χ1) is 12.4. The van der Waals surface area contributed by atoms with E-state index in [0.717, 1.165) is 11.1 Å². The highest BCUT2D eigenvalue weighted by molar-refractivity contribution is 5.69. The van der Waals surface area contributed by atoms with Gasteiger partial charge < -0.3 is 4.74 Å². The van der Waals surface area contributed by atoms with E-state index in [-0.39, 0.29) is 11.4 Å². The molecule has 1 aliphatic carbocycles. The zero-order valence-corrected chi connectivity index (χ0v) is 16.5. The number of ether oxygens (including phenoxy) is 1. The SMILES string of the molecule is CCOC(=O)CCc1ccc(C#CC=CC2=C(C)CCCC2(C)C)cc1. The molecule has 2 rings (SSSR count). The minimum atomic E-state index is -0.142. The molecular weight excluding hydrogens is 320 g/mol. The summed E-state index contributed by atoms with van der Waals surface area (Å²) in [4.78, 5) is 11.4. The second-order valence-electron chi connectivity index (χ2n) is 7.54. The van der Waals surface area contributed by atoms with Gasteiger partial charge in [0.05, 0.1) is 6.61 Å². The number of allylic oxidation sites excluding steroid dienone is 4. The fourth-order valence-electron chi connectivity index (χ4n) is 3.49. The number of aryl methyl sites for hydroxylation is 1. The highest BCUT2D eigenvalue weighted by Gasteiger charge is 2.26. The predicted molar refractivity (Wildman–Crippen MR) is 108 cm³/mol. The van der Waals surface area contributed by atoms with E-state index < -0.39 is 0 Å². The van der Waals surface area contributed by atoms with Crippen LogP contribution in [0.3, 0.4) is 0 Å². The third-order valence-electron chi connectivity index (χ3n) is 4.97. The molecule has 0 heterocycles. The first-order valence-electron chi connectivity index (χ1n) is 9.55. The Hall–Kier alpha value is -2.27. The Balaban J connectivity index is 1.95. The van der Waals surface area contributed by atoms with Crippen molar-refractivity contribution in [3.05, 3.63) is 58.7 Å². The molecule has 2 nitrogen and oxygen atoms in total. The van der Waals surface area contributed by atoms with Gasteiger partial charge in [-0.05, 0) is 74.3 Å². The van der Waals surface area contributed by atoms with E-state index in [4.69, 9.17) is 4.74 Å². The summed E-state index contributed by atoms with van der Waals surface area (Å²) in [6, 6.07) is 8.08. The van der Waals surface area contributed by atoms with E-state index in [1.54, 1.807) is 0 Å². The van der Waals surface area contributed by atoms with Gasteiger partial charge in [0.1, 0.15) is 0 Å². The molecule has 0 amide bonds. The van der Waals surface area contributed by atoms with Crippen molar-refractivity contribution in [1.29, 1.82) is 0 Å². The molecule has 26 heavy (non-hydrogen) atoms. The van der Waals surface area contributed by atoms with Crippen molar-refractivity contribution >= 4 is 5.97 Å². The Morgan fingerprint density at radius 1 is 1.27 bits per heavy atom. The average Bonchev–Trinajstić information content (AvgIpc) is 2.60. The number of carbonyl (C=O) groups excluding carboxylic acids is 1. The molecule has 0 bridgehead atoms. The second kappa shape index (κ2) is 9.43. The summed E-state index contributed by atoms with van der Waals surface area (Å²) >= 11 is 0. The summed E-state index contributed by atoms with van der Waals surface area (Å²) < 4.78 is 4.95. The van der Waals surface area contributed by atoms with Crippen LogP contribution < -0.4 is 0 Å². The minimum absolute atomic E-state index is 0.142. The Labute approximate surface area is 158 Å². The molecule has 0 saturated carbocycles. The fourth-order valence-corrected chi connectivity index (χ4v) is 3.49. The highest BCUT2D eigenvalue weighted by Crippen LogP contribution is 2.40. The van der Waals surface area contributed by atoms with E-state index in [1.165, 1.54) is 30.4 Å². The molecule has 2 heteroatoms. The lowest BCUT2D eigenvalue weighted by molar-refractivity contribution is -0.143. The third kappa shape index (κ3) is 5.92. The van der Waals surface area contributed by atoms with Crippen LogP contribution in [0.4, 0.5) is 0 Å². The zero-order chi connectivity index (χ0) is 19.0. The molecule has 1 aromatic carbocycles. The maximum atomic E-state index is 11.4. The van der Waals surface area contributed by atoms with Crippen molar-refractivity contribution in [3.63, 3.8) is 0 Å².